The van der Waals surface area contributed by atoms with E-state index >= 15 is 0 Å². The van der Waals surface area contributed by atoms with Crippen LogP contribution in [-0.2, 0) is 12.8 Å². The minimum atomic E-state index is 0.129. The fraction of sp³-hybridized carbons (Fsp3) is 0.455. The third-order valence-electron chi connectivity index (χ3n) is 5.21. The van der Waals surface area contributed by atoms with Crippen molar-refractivity contribution in [2.45, 2.75) is 25.7 Å². The molecule has 0 saturated carbocycles. The molecule has 1 fully saturated rings. The average molecular weight is 408 g/mol. The summed E-state index contributed by atoms with van der Waals surface area (Å²) < 4.78 is 5.86. The van der Waals surface area contributed by atoms with Gasteiger partial charge in [0.25, 0.3) is 0 Å². The lowest BCUT2D eigenvalue weighted by Gasteiger charge is -2.32. The smallest absolute Gasteiger partial charge is 0.137 e. The fourth-order valence-electron chi connectivity index (χ4n) is 3.60. The van der Waals surface area contributed by atoms with E-state index in [1.165, 1.54) is 18.4 Å². The van der Waals surface area contributed by atoms with Crippen molar-refractivity contribution in [2.24, 2.45) is 5.92 Å². The van der Waals surface area contributed by atoms with Crippen LogP contribution in [0, 0.1) is 5.92 Å². The highest BCUT2D eigenvalue weighted by Crippen LogP contribution is 2.26. The van der Waals surface area contributed by atoms with Gasteiger partial charge in [-0.1, -0.05) is 41.4 Å². The van der Waals surface area contributed by atoms with Gasteiger partial charge in [-0.2, -0.15) is 0 Å². The van der Waals surface area contributed by atoms with Gasteiger partial charge in [-0.3, -0.25) is 4.90 Å². The van der Waals surface area contributed by atoms with Crippen molar-refractivity contribution in [3.63, 3.8) is 0 Å². The number of halogens is 2. The number of piperidine rings is 1. The Morgan fingerprint density at radius 2 is 1.70 bits per heavy atom. The Labute approximate surface area is 171 Å². The molecular weight excluding hydrogens is 381 g/mol. The van der Waals surface area contributed by atoms with E-state index in [1.807, 2.05) is 30.3 Å². The molecule has 27 heavy (non-hydrogen) atoms. The normalized spacial score (nSPS) is 15.8. The molecule has 1 N–H and O–H groups in total. The molecule has 3 nitrogen and oxygen atoms in total. The highest BCUT2D eigenvalue weighted by atomic mass is 35.5. The molecule has 1 saturated heterocycles. The molecule has 1 aliphatic heterocycles. The molecule has 1 aliphatic rings. The Hall–Kier alpha value is -1.26. The van der Waals surface area contributed by atoms with Crippen LogP contribution in [0.5, 0.6) is 5.75 Å². The van der Waals surface area contributed by atoms with E-state index in [4.69, 9.17) is 33.0 Å². The van der Waals surface area contributed by atoms with Crippen LogP contribution in [0.1, 0.15) is 24.0 Å². The first-order valence-electron chi connectivity index (χ1n) is 9.63. The molecule has 3 rings (SSSR count). The van der Waals surface area contributed by atoms with E-state index in [2.05, 4.69) is 17.0 Å². The molecule has 0 spiro atoms. The Morgan fingerprint density at radius 1 is 1.00 bits per heavy atom. The standard InChI is InChI=1S/C22H27Cl2NO2/c23-20-4-1-17(2-5-20)15-19-7-10-25(11-8-19)12-14-27-22-6-3-18(9-13-26)16-21(22)24/h1-6,16,19,26H,7-15H2. The van der Waals surface area contributed by atoms with E-state index in [0.717, 1.165) is 48.3 Å². The highest BCUT2D eigenvalue weighted by Gasteiger charge is 2.19. The van der Waals surface area contributed by atoms with Crippen molar-refractivity contribution in [1.82, 2.24) is 4.90 Å². The molecule has 0 aromatic heterocycles. The lowest BCUT2D eigenvalue weighted by molar-refractivity contribution is 0.155. The van der Waals surface area contributed by atoms with Crippen molar-refractivity contribution in [1.29, 1.82) is 0 Å². The van der Waals surface area contributed by atoms with Crippen LogP contribution >= 0.6 is 23.2 Å². The van der Waals surface area contributed by atoms with Gasteiger partial charge in [0.1, 0.15) is 12.4 Å². The largest absolute Gasteiger partial charge is 0.491 e. The Balaban J connectivity index is 1.37. The maximum Gasteiger partial charge on any atom is 0.137 e. The fourth-order valence-corrected chi connectivity index (χ4v) is 3.98. The van der Waals surface area contributed by atoms with Gasteiger partial charge < -0.3 is 9.84 Å². The van der Waals surface area contributed by atoms with Crippen molar-refractivity contribution < 1.29 is 9.84 Å². The summed E-state index contributed by atoms with van der Waals surface area (Å²) in [5.41, 5.74) is 2.40. The van der Waals surface area contributed by atoms with Crippen molar-refractivity contribution >= 4 is 23.2 Å². The van der Waals surface area contributed by atoms with Gasteiger partial charge in [-0.25, -0.2) is 0 Å². The molecule has 0 aliphatic carbocycles. The number of likely N-dealkylation sites (tertiary alicyclic amines) is 1. The van der Waals surface area contributed by atoms with Gasteiger partial charge in [0, 0.05) is 18.2 Å². The van der Waals surface area contributed by atoms with Crippen molar-refractivity contribution in [2.75, 3.05) is 32.8 Å². The SMILES string of the molecule is OCCc1ccc(OCCN2CCC(Cc3ccc(Cl)cc3)CC2)c(Cl)c1. The number of aliphatic hydroxyl groups excluding tert-OH is 1. The van der Waals surface area contributed by atoms with Gasteiger partial charge in [-0.15, -0.1) is 0 Å². The van der Waals surface area contributed by atoms with Gasteiger partial charge in [0.15, 0.2) is 0 Å². The Kier molecular flexibility index (Phi) is 7.83. The summed E-state index contributed by atoms with van der Waals surface area (Å²) in [4.78, 5) is 2.46. The minimum absolute atomic E-state index is 0.129. The molecule has 0 bridgehead atoms. The van der Waals surface area contributed by atoms with E-state index in [-0.39, 0.29) is 6.61 Å². The van der Waals surface area contributed by atoms with Crippen LogP contribution < -0.4 is 4.74 Å². The first-order chi connectivity index (χ1) is 13.1. The molecule has 2 aromatic rings. The monoisotopic (exact) mass is 407 g/mol. The number of aliphatic hydroxyl groups is 1. The lowest BCUT2D eigenvalue weighted by Crippen LogP contribution is -2.37. The summed E-state index contributed by atoms with van der Waals surface area (Å²) in [6.07, 6.45) is 4.20. The quantitative estimate of drug-likeness (QED) is 0.677. The van der Waals surface area contributed by atoms with Gasteiger partial charge in [0.2, 0.25) is 0 Å². The first kappa shape index (κ1) is 20.5. The minimum Gasteiger partial charge on any atom is -0.491 e. The molecule has 146 valence electrons. The maximum atomic E-state index is 8.99. The maximum absolute atomic E-state index is 8.99. The van der Waals surface area contributed by atoms with Crippen LogP contribution in [0.4, 0.5) is 0 Å². The second-order valence-electron chi connectivity index (χ2n) is 7.20. The second kappa shape index (κ2) is 10.3. The number of benzene rings is 2. The third-order valence-corrected chi connectivity index (χ3v) is 5.75. The summed E-state index contributed by atoms with van der Waals surface area (Å²) in [6, 6.07) is 14.0. The molecule has 0 atom stereocenters. The first-order valence-corrected chi connectivity index (χ1v) is 10.4. The number of hydrogen-bond acceptors (Lipinski definition) is 3. The van der Waals surface area contributed by atoms with E-state index < -0.39 is 0 Å². The van der Waals surface area contributed by atoms with Crippen LogP contribution in [0.2, 0.25) is 10.0 Å². The summed E-state index contributed by atoms with van der Waals surface area (Å²) >= 11 is 12.2. The van der Waals surface area contributed by atoms with Gasteiger partial charge in [0.05, 0.1) is 5.02 Å². The average Bonchev–Trinajstić information content (AvgIpc) is 2.67. The summed E-state index contributed by atoms with van der Waals surface area (Å²) in [5, 5.41) is 10.4. The molecule has 1 heterocycles. The summed E-state index contributed by atoms with van der Waals surface area (Å²) in [6.45, 7) is 3.92. The van der Waals surface area contributed by atoms with Crippen molar-refractivity contribution in [3.8, 4) is 5.75 Å². The van der Waals surface area contributed by atoms with Crippen LogP contribution in [0.25, 0.3) is 0 Å². The van der Waals surface area contributed by atoms with E-state index in [1.54, 1.807) is 0 Å². The second-order valence-corrected chi connectivity index (χ2v) is 8.05. The van der Waals surface area contributed by atoms with Crippen LogP contribution in [-0.4, -0.2) is 42.9 Å². The zero-order valence-corrected chi connectivity index (χ0v) is 17.1. The van der Waals surface area contributed by atoms with Crippen LogP contribution in [0.15, 0.2) is 42.5 Å². The summed E-state index contributed by atoms with van der Waals surface area (Å²) in [5.74, 6) is 1.47. The molecular formula is C22H27Cl2NO2. The van der Waals surface area contributed by atoms with Gasteiger partial charge >= 0.3 is 0 Å². The molecule has 5 heteroatoms. The number of hydrogen-bond donors (Lipinski definition) is 1. The summed E-state index contributed by atoms with van der Waals surface area (Å²) in [7, 11) is 0. The number of rotatable bonds is 8. The van der Waals surface area contributed by atoms with Crippen LogP contribution in [0.3, 0.4) is 0 Å². The zero-order valence-electron chi connectivity index (χ0n) is 15.5. The molecule has 0 amide bonds. The number of ether oxygens (including phenoxy) is 1. The van der Waals surface area contributed by atoms with E-state index in [0.29, 0.717) is 18.1 Å². The Morgan fingerprint density at radius 3 is 2.37 bits per heavy atom. The third kappa shape index (κ3) is 6.39. The topological polar surface area (TPSA) is 32.7 Å². The van der Waals surface area contributed by atoms with Crippen molar-refractivity contribution in [3.05, 3.63) is 63.6 Å². The van der Waals surface area contributed by atoms with E-state index in [9.17, 15) is 0 Å². The molecule has 2 aromatic carbocycles. The molecule has 0 unspecified atom stereocenters. The molecule has 0 radical (unpaired) electrons. The number of nitrogens with zero attached hydrogens (tertiary/aromatic N) is 1. The Bertz CT molecular complexity index is 713. The predicted molar refractivity (Wildman–Crippen MR) is 112 cm³/mol. The highest BCUT2D eigenvalue weighted by molar-refractivity contribution is 6.32. The lowest BCUT2D eigenvalue weighted by atomic mass is 9.90. The van der Waals surface area contributed by atoms with Gasteiger partial charge in [-0.05, 0) is 80.1 Å². The zero-order chi connectivity index (χ0) is 19.1. The predicted octanol–water partition coefficient (Wildman–Crippen LogP) is 4.86.